The number of aliphatic hydroxyl groups is 1. The molecule has 148 valence electrons. The standard InChI is InChI=1S/C19H21N2O2.CH4O.Yb/c1-4-23-17-9-8-15(11-14(17)2)19(3)12-21(13-19)18(22)16-7-5-6-10-20-16;1-2;/h6-11H,4,12-13H2,1-3H3;2H,1H3;/q-1;;. The Morgan fingerprint density at radius 1 is 1.38 bits per heavy atom. The Labute approximate surface area is 194 Å². The monoisotopic (exact) mass is 515 g/mol. The molecule has 2 heterocycles. The van der Waals surface area contributed by atoms with Crippen molar-refractivity contribution < 1.29 is 61.6 Å². The van der Waals surface area contributed by atoms with Gasteiger partial charge in [0.15, 0.2) is 0 Å². The van der Waals surface area contributed by atoms with Gasteiger partial charge in [0, 0.05) is 78.2 Å². The SMILES string of the molecule is CCOc1ccc(C2(C)CN(C(=O)c3c[c-]ccn3)C2)cc1C.CO.[Yb]. The summed E-state index contributed by atoms with van der Waals surface area (Å²) >= 11 is 0. The van der Waals surface area contributed by atoms with Gasteiger partial charge in [-0.2, -0.15) is 12.1 Å². The number of aryl methyl sites for hydroxylation is 1. The molecular weight excluding hydrogens is 489 g/mol. The summed E-state index contributed by atoms with van der Waals surface area (Å²) in [6.45, 7) is 8.31. The maximum atomic E-state index is 12.4. The van der Waals surface area contributed by atoms with Crippen LogP contribution in [0, 0.1) is 59.9 Å². The third-order valence-electron chi connectivity index (χ3n) is 4.36. The van der Waals surface area contributed by atoms with Crippen LogP contribution in [0.5, 0.6) is 5.75 Å². The Hall–Kier alpha value is -0.881. The van der Waals surface area contributed by atoms with Crippen LogP contribution in [-0.4, -0.2) is 47.7 Å². The van der Waals surface area contributed by atoms with E-state index in [0.717, 1.165) is 18.4 Å². The van der Waals surface area contributed by atoms with E-state index in [0.29, 0.717) is 25.4 Å². The zero-order chi connectivity index (χ0) is 18.4. The summed E-state index contributed by atoms with van der Waals surface area (Å²) in [6, 6.07) is 12.5. The van der Waals surface area contributed by atoms with Gasteiger partial charge in [-0.05, 0) is 31.0 Å². The van der Waals surface area contributed by atoms with E-state index >= 15 is 0 Å². The van der Waals surface area contributed by atoms with Gasteiger partial charge in [0.25, 0.3) is 0 Å². The van der Waals surface area contributed by atoms with E-state index in [9.17, 15) is 4.79 Å². The largest absolute Gasteiger partial charge is 0.494 e. The number of carbonyl (C=O) groups excluding carboxylic acids is 1. The summed E-state index contributed by atoms with van der Waals surface area (Å²) in [5.41, 5.74) is 2.83. The van der Waals surface area contributed by atoms with Crippen molar-refractivity contribution >= 4 is 5.91 Å². The predicted octanol–water partition coefficient (Wildman–Crippen LogP) is 2.61. The van der Waals surface area contributed by atoms with Gasteiger partial charge >= 0.3 is 0 Å². The number of hydrogen-bond donors (Lipinski definition) is 1. The first kappa shape index (κ1) is 23.2. The zero-order valence-corrected chi connectivity index (χ0v) is 17.2. The molecule has 2 aromatic rings. The topological polar surface area (TPSA) is 62.7 Å². The number of pyridine rings is 1. The van der Waals surface area contributed by atoms with E-state index < -0.39 is 0 Å². The number of benzene rings is 1. The maximum Gasteiger partial charge on any atom is 0.215 e. The van der Waals surface area contributed by atoms with Gasteiger partial charge in [0.1, 0.15) is 5.75 Å². The molecule has 0 spiro atoms. The molecule has 0 atom stereocenters. The molecule has 0 saturated carbocycles. The molecule has 5 nitrogen and oxygen atoms in total. The molecule has 6 heteroatoms. The normalized spacial score (nSPS) is 14.3. The quantitative estimate of drug-likeness (QED) is 0.638. The molecular formula is C20H25N2O3Yb-. The van der Waals surface area contributed by atoms with Gasteiger partial charge in [0.05, 0.1) is 6.61 Å². The Bertz CT molecular complexity index is 716. The van der Waals surface area contributed by atoms with Crippen molar-refractivity contribution in [2.75, 3.05) is 26.8 Å². The number of ether oxygens (including phenoxy) is 1. The number of carbonyl (C=O) groups is 1. The smallest absolute Gasteiger partial charge is 0.215 e. The third-order valence-corrected chi connectivity index (χ3v) is 4.36. The van der Waals surface area contributed by atoms with E-state index in [1.807, 2.05) is 17.9 Å². The first-order chi connectivity index (χ1) is 12.0. The van der Waals surface area contributed by atoms with Gasteiger partial charge in [-0.15, -0.1) is 6.07 Å². The molecule has 0 aliphatic carbocycles. The molecule has 1 fully saturated rings. The number of rotatable bonds is 4. The van der Waals surface area contributed by atoms with Gasteiger partial charge in [-0.3, -0.25) is 4.79 Å². The molecule has 26 heavy (non-hydrogen) atoms. The number of aromatic nitrogens is 1. The van der Waals surface area contributed by atoms with Gasteiger partial charge in [-0.1, -0.05) is 25.3 Å². The molecule has 1 aromatic heterocycles. The molecule has 3 rings (SSSR count). The molecule has 0 radical (unpaired) electrons. The van der Waals surface area contributed by atoms with E-state index in [1.165, 1.54) is 5.56 Å². The summed E-state index contributed by atoms with van der Waals surface area (Å²) in [5.74, 6) is 0.901. The molecule has 1 aliphatic rings. The van der Waals surface area contributed by atoms with Crippen LogP contribution in [0.4, 0.5) is 0 Å². The van der Waals surface area contributed by atoms with E-state index in [1.54, 1.807) is 18.3 Å². The maximum absolute atomic E-state index is 12.4. The summed E-state index contributed by atoms with van der Waals surface area (Å²) in [7, 11) is 1.00. The minimum absolute atomic E-state index is 0. The van der Waals surface area contributed by atoms with Crippen LogP contribution < -0.4 is 4.74 Å². The molecule has 1 aromatic carbocycles. The van der Waals surface area contributed by atoms with Gasteiger partial charge in [0.2, 0.25) is 5.91 Å². The predicted molar refractivity (Wildman–Crippen MR) is 96.8 cm³/mol. The van der Waals surface area contributed by atoms with Crippen molar-refractivity contribution in [3.8, 4) is 5.75 Å². The van der Waals surface area contributed by atoms with Crippen molar-refractivity contribution in [1.82, 2.24) is 9.88 Å². The van der Waals surface area contributed by atoms with Crippen molar-refractivity contribution in [1.29, 1.82) is 0 Å². The first-order valence-corrected chi connectivity index (χ1v) is 8.33. The second-order valence-electron chi connectivity index (χ2n) is 6.28. The number of aliphatic hydroxyl groups excluding tert-OH is 1. The van der Waals surface area contributed by atoms with Crippen LogP contribution in [0.25, 0.3) is 0 Å². The number of likely N-dealkylation sites (tertiary alicyclic amines) is 1. The zero-order valence-electron chi connectivity index (χ0n) is 15.5. The Balaban J connectivity index is 0.00000109. The number of amides is 1. The van der Waals surface area contributed by atoms with Crippen LogP contribution in [0.15, 0.2) is 36.5 Å². The average molecular weight is 514 g/mol. The number of hydrogen-bond acceptors (Lipinski definition) is 4. The van der Waals surface area contributed by atoms with Crippen LogP contribution in [0.2, 0.25) is 0 Å². The van der Waals surface area contributed by atoms with Crippen LogP contribution in [0.1, 0.15) is 35.5 Å². The molecule has 1 N–H and O–H groups in total. The third kappa shape index (κ3) is 5.09. The second-order valence-corrected chi connectivity index (χ2v) is 6.28. The van der Waals surface area contributed by atoms with Crippen molar-refractivity contribution in [3.05, 3.63) is 59.4 Å². The fourth-order valence-electron chi connectivity index (χ4n) is 3.07. The van der Waals surface area contributed by atoms with Crippen molar-refractivity contribution in [2.24, 2.45) is 0 Å². The van der Waals surface area contributed by atoms with Crippen molar-refractivity contribution in [3.63, 3.8) is 0 Å². The Morgan fingerprint density at radius 3 is 2.62 bits per heavy atom. The minimum atomic E-state index is -0.0259. The van der Waals surface area contributed by atoms with E-state index in [-0.39, 0.29) is 58.2 Å². The second kappa shape index (κ2) is 10.5. The fourth-order valence-corrected chi connectivity index (χ4v) is 3.07. The summed E-state index contributed by atoms with van der Waals surface area (Å²) in [5, 5.41) is 7.00. The molecule has 1 amide bonds. The average Bonchev–Trinajstić information content (AvgIpc) is 2.62. The van der Waals surface area contributed by atoms with Crippen molar-refractivity contribution in [2.45, 2.75) is 26.2 Å². The summed E-state index contributed by atoms with van der Waals surface area (Å²) < 4.78 is 5.60. The first-order valence-electron chi connectivity index (χ1n) is 8.33. The van der Waals surface area contributed by atoms with Crippen LogP contribution >= 0.6 is 0 Å². The number of nitrogens with zero attached hydrogens (tertiary/aromatic N) is 2. The fraction of sp³-hybridized carbons (Fsp3) is 0.400. The summed E-state index contributed by atoms with van der Waals surface area (Å²) in [6.07, 6.45) is 1.60. The molecule has 1 saturated heterocycles. The van der Waals surface area contributed by atoms with E-state index in [4.69, 9.17) is 9.84 Å². The Kier molecular flexibility index (Phi) is 9.31. The van der Waals surface area contributed by atoms with E-state index in [2.05, 4.69) is 37.0 Å². The Morgan fingerprint density at radius 2 is 2.08 bits per heavy atom. The van der Waals surface area contributed by atoms with Gasteiger partial charge in [-0.25, -0.2) is 0 Å². The van der Waals surface area contributed by atoms with Crippen LogP contribution in [-0.2, 0) is 5.41 Å². The minimum Gasteiger partial charge on any atom is -0.494 e. The molecule has 0 bridgehead atoms. The summed E-state index contributed by atoms with van der Waals surface area (Å²) in [4.78, 5) is 18.3. The van der Waals surface area contributed by atoms with Gasteiger partial charge < -0.3 is 19.7 Å². The van der Waals surface area contributed by atoms with Crippen LogP contribution in [0.3, 0.4) is 0 Å². The molecule has 0 unspecified atom stereocenters. The molecule has 1 aliphatic heterocycles.